The molecule has 0 spiro atoms. The molecule has 0 saturated carbocycles. The van der Waals surface area contributed by atoms with Gasteiger partial charge in [-0.3, -0.25) is 4.79 Å². The van der Waals surface area contributed by atoms with Crippen molar-refractivity contribution >= 4 is 16.9 Å². The molecule has 0 aromatic carbocycles. The average Bonchev–Trinajstić information content (AvgIpc) is 2.34. The molecular formula is C10H12F8OS. The fourth-order valence-corrected chi connectivity index (χ4v) is 1.86. The fourth-order valence-electron chi connectivity index (χ4n) is 1.09. The molecule has 1 nitrogen and oxygen atoms in total. The predicted molar refractivity (Wildman–Crippen MR) is 58.1 cm³/mol. The lowest BCUT2D eigenvalue weighted by Crippen LogP contribution is -2.51. The van der Waals surface area contributed by atoms with Crippen LogP contribution in [0.25, 0.3) is 0 Å². The molecular weight excluding hydrogens is 320 g/mol. The van der Waals surface area contributed by atoms with E-state index in [-0.39, 0.29) is 17.3 Å². The van der Waals surface area contributed by atoms with Gasteiger partial charge in [0.2, 0.25) is 6.17 Å². The third-order valence-corrected chi connectivity index (χ3v) is 3.35. The molecule has 0 aromatic heterocycles. The molecule has 0 heterocycles. The molecule has 0 amide bonds. The van der Waals surface area contributed by atoms with E-state index in [1.54, 1.807) is 0 Å². The summed E-state index contributed by atoms with van der Waals surface area (Å²) in [6.07, 6.45) is -17.8. The molecule has 10 heteroatoms. The van der Waals surface area contributed by atoms with E-state index in [0.717, 1.165) is 0 Å². The smallest absolute Gasteiger partial charge is 0.287 e. The summed E-state index contributed by atoms with van der Waals surface area (Å²) in [4.78, 5) is 10.8. The minimum atomic E-state index is -6.30. The van der Waals surface area contributed by atoms with Crippen molar-refractivity contribution in [1.29, 1.82) is 0 Å². The van der Waals surface area contributed by atoms with E-state index in [4.69, 9.17) is 0 Å². The first-order chi connectivity index (χ1) is 8.95. The number of rotatable bonds is 7. The third kappa shape index (κ3) is 5.10. The van der Waals surface area contributed by atoms with E-state index >= 15 is 0 Å². The lowest BCUT2D eigenvalue weighted by Gasteiger charge is -2.26. The molecule has 0 fully saturated rings. The molecule has 0 aliphatic heterocycles. The van der Waals surface area contributed by atoms with Crippen LogP contribution < -0.4 is 0 Å². The van der Waals surface area contributed by atoms with E-state index in [1.165, 1.54) is 6.92 Å². The molecule has 0 aliphatic rings. The molecule has 0 saturated heterocycles. The Morgan fingerprint density at radius 3 is 2.00 bits per heavy atom. The molecule has 0 aromatic rings. The van der Waals surface area contributed by atoms with Crippen molar-refractivity contribution < 1.29 is 39.9 Å². The maximum Gasteiger partial charge on any atom is 0.456 e. The maximum atomic E-state index is 13.1. The van der Waals surface area contributed by atoms with E-state index in [0.29, 0.717) is 11.8 Å². The Labute approximate surface area is 114 Å². The Balaban J connectivity index is 4.50. The van der Waals surface area contributed by atoms with Gasteiger partial charge in [-0.1, -0.05) is 18.7 Å². The zero-order valence-electron chi connectivity index (χ0n) is 10.2. The number of hydrogen-bond donors (Lipinski definition) is 0. The Morgan fingerprint density at radius 1 is 1.10 bits per heavy atom. The van der Waals surface area contributed by atoms with Crippen LogP contribution in [0, 0.1) is 0 Å². The molecule has 20 heavy (non-hydrogen) atoms. The van der Waals surface area contributed by atoms with E-state index in [1.807, 2.05) is 0 Å². The number of thioether (sulfide) groups is 1. The van der Waals surface area contributed by atoms with Gasteiger partial charge in [0.25, 0.3) is 0 Å². The summed E-state index contributed by atoms with van der Waals surface area (Å²) in [7, 11) is 0. The number of halogens is 8. The second-order valence-corrected chi connectivity index (χ2v) is 5.00. The Morgan fingerprint density at radius 2 is 1.60 bits per heavy atom. The van der Waals surface area contributed by atoms with E-state index in [9.17, 15) is 39.9 Å². The minimum Gasteiger partial charge on any atom is -0.287 e. The van der Waals surface area contributed by atoms with E-state index < -0.39 is 37.0 Å². The predicted octanol–water partition coefficient (Wildman–Crippen LogP) is 4.26. The SMILES string of the molecule is CCC(=O)SCCC(F)C(F)C(F)C(F)(F)C(F)(F)F. The highest BCUT2D eigenvalue weighted by Gasteiger charge is 2.66. The summed E-state index contributed by atoms with van der Waals surface area (Å²) in [5.41, 5.74) is 0. The van der Waals surface area contributed by atoms with Crippen LogP contribution in [0.5, 0.6) is 0 Å². The Kier molecular flexibility index (Phi) is 7.26. The maximum absolute atomic E-state index is 13.1. The van der Waals surface area contributed by atoms with Gasteiger partial charge >= 0.3 is 12.1 Å². The number of hydrogen-bond acceptors (Lipinski definition) is 2. The zero-order valence-corrected chi connectivity index (χ0v) is 11.0. The summed E-state index contributed by atoms with van der Waals surface area (Å²) >= 11 is 0.569. The van der Waals surface area contributed by atoms with Crippen molar-refractivity contribution in [1.82, 2.24) is 0 Å². The number of carbonyl (C=O) groups excluding carboxylic acids is 1. The van der Waals surface area contributed by atoms with Crippen LogP contribution in [0.2, 0.25) is 0 Å². The lowest BCUT2D eigenvalue weighted by molar-refractivity contribution is -0.311. The Hall–Kier alpha value is -0.540. The quantitative estimate of drug-likeness (QED) is 0.648. The standard InChI is InChI=1S/C10H12F8OS/c1-2-6(19)20-4-3-5(11)7(12)8(13)9(14,15)10(16,17)18/h5,7-8H,2-4H2,1H3. The van der Waals surface area contributed by atoms with Crippen LogP contribution in [0.3, 0.4) is 0 Å². The van der Waals surface area contributed by atoms with Crippen molar-refractivity contribution in [3.63, 3.8) is 0 Å². The third-order valence-electron chi connectivity index (χ3n) is 2.29. The summed E-state index contributed by atoms with van der Waals surface area (Å²) in [5, 5.41) is -0.384. The van der Waals surface area contributed by atoms with Crippen LogP contribution in [0.4, 0.5) is 35.1 Å². The van der Waals surface area contributed by atoms with Gasteiger partial charge in [0.1, 0.15) is 6.17 Å². The Bertz CT molecular complexity index is 319. The van der Waals surface area contributed by atoms with Gasteiger partial charge in [-0.25, -0.2) is 13.2 Å². The number of carbonyl (C=O) groups is 1. The van der Waals surface area contributed by atoms with Gasteiger partial charge in [0, 0.05) is 12.2 Å². The first-order valence-electron chi connectivity index (χ1n) is 5.47. The highest BCUT2D eigenvalue weighted by Crippen LogP contribution is 2.42. The monoisotopic (exact) mass is 332 g/mol. The van der Waals surface area contributed by atoms with E-state index in [2.05, 4.69) is 0 Å². The summed E-state index contributed by atoms with van der Waals surface area (Å²) in [6.45, 7) is 1.49. The van der Waals surface area contributed by atoms with Gasteiger partial charge in [0.05, 0.1) is 0 Å². The van der Waals surface area contributed by atoms with Gasteiger partial charge in [-0.15, -0.1) is 0 Å². The molecule has 120 valence electrons. The second kappa shape index (κ2) is 7.46. The van der Waals surface area contributed by atoms with Crippen LogP contribution in [0.15, 0.2) is 0 Å². The molecule has 0 bridgehead atoms. The van der Waals surface area contributed by atoms with Crippen molar-refractivity contribution in [2.24, 2.45) is 0 Å². The van der Waals surface area contributed by atoms with Crippen LogP contribution in [-0.2, 0) is 4.79 Å². The number of alkyl halides is 8. The first-order valence-corrected chi connectivity index (χ1v) is 6.46. The molecule has 0 aliphatic carbocycles. The van der Waals surface area contributed by atoms with Gasteiger partial charge in [-0.2, -0.15) is 22.0 Å². The molecule has 0 radical (unpaired) electrons. The fraction of sp³-hybridized carbons (Fsp3) is 0.900. The second-order valence-electron chi connectivity index (χ2n) is 3.85. The van der Waals surface area contributed by atoms with Crippen LogP contribution in [-0.4, -0.2) is 41.5 Å². The summed E-state index contributed by atoms with van der Waals surface area (Å²) < 4.78 is 99.2. The summed E-state index contributed by atoms with van der Waals surface area (Å²) in [5.74, 6) is -6.30. The highest BCUT2D eigenvalue weighted by molar-refractivity contribution is 8.13. The molecule has 0 N–H and O–H groups in total. The van der Waals surface area contributed by atoms with Crippen molar-refractivity contribution in [3.05, 3.63) is 0 Å². The highest BCUT2D eigenvalue weighted by atomic mass is 32.2. The minimum absolute atomic E-state index is 0.0958. The topological polar surface area (TPSA) is 17.1 Å². The van der Waals surface area contributed by atoms with Crippen molar-refractivity contribution in [3.8, 4) is 0 Å². The van der Waals surface area contributed by atoms with Crippen molar-refractivity contribution in [2.45, 2.75) is 50.4 Å². The van der Waals surface area contributed by atoms with Crippen molar-refractivity contribution in [2.75, 3.05) is 5.75 Å². The zero-order chi connectivity index (χ0) is 16.1. The first kappa shape index (κ1) is 19.5. The van der Waals surface area contributed by atoms with Crippen LogP contribution >= 0.6 is 11.8 Å². The largest absolute Gasteiger partial charge is 0.456 e. The van der Waals surface area contributed by atoms with Gasteiger partial charge in [0.15, 0.2) is 11.3 Å². The summed E-state index contributed by atoms with van der Waals surface area (Å²) in [6, 6.07) is 0. The van der Waals surface area contributed by atoms with Crippen LogP contribution in [0.1, 0.15) is 19.8 Å². The lowest BCUT2D eigenvalue weighted by atomic mass is 10.0. The van der Waals surface area contributed by atoms with Gasteiger partial charge in [-0.05, 0) is 6.42 Å². The van der Waals surface area contributed by atoms with Gasteiger partial charge < -0.3 is 0 Å². The average molecular weight is 332 g/mol. The normalized spacial score (nSPS) is 17.6. The molecule has 0 rings (SSSR count). The molecule has 3 unspecified atom stereocenters. The molecule has 3 atom stereocenters.